The van der Waals surface area contributed by atoms with Crippen molar-refractivity contribution < 1.29 is 0 Å². The first-order valence-electron chi connectivity index (χ1n) is 4.95. The van der Waals surface area contributed by atoms with Crippen molar-refractivity contribution in [3.05, 3.63) is 0 Å². The summed E-state index contributed by atoms with van der Waals surface area (Å²) in [4.78, 5) is 4.27. The van der Waals surface area contributed by atoms with Crippen LogP contribution in [-0.2, 0) is 0 Å². The molecule has 1 heterocycles. The van der Waals surface area contributed by atoms with Crippen molar-refractivity contribution in [2.45, 2.75) is 53.9 Å². The summed E-state index contributed by atoms with van der Waals surface area (Å²) in [5, 5.41) is 0. The van der Waals surface area contributed by atoms with Crippen molar-refractivity contribution in [3.63, 3.8) is 0 Å². The van der Waals surface area contributed by atoms with Gasteiger partial charge in [-0.05, 0) is 19.3 Å². The summed E-state index contributed by atoms with van der Waals surface area (Å²) in [6, 6.07) is 0. The number of aliphatic imine (C=N–C) groups is 1. The zero-order chi connectivity index (χ0) is 9.11. The van der Waals surface area contributed by atoms with Gasteiger partial charge in [-0.15, -0.1) is 0 Å². The highest BCUT2D eigenvalue weighted by atomic mass is 14.8. The third kappa shape index (κ3) is 7.57. The van der Waals surface area contributed by atoms with Gasteiger partial charge in [0, 0.05) is 12.3 Å². The molecule has 1 aliphatic rings. The lowest BCUT2D eigenvalue weighted by atomic mass is 10.2. The van der Waals surface area contributed by atoms with E-state index in [0.29, 0.717) is 0 Å². The van der Waals surface area contributed by atoms with E-state index >= 15 is 0 Å². The number of nitrogens with zero attached hydrogens (tertiary/aromatic N) is 1. The van der Waals surface area contributed by atoms with Crippen LogP contribution in [0.4, 0.5) is 0 Å². The second-order valence-electron chi connectivity index (χ2n) is 1.91. The molecule has 0 amide bonds. The average molecular weight is 157 g/mol. The van der Waals surface area contributed by atoms with Crippen molar-refractivity contribution in [1.29, 1.82) is 0 Å². The largest absolute Gasteiger partial charge is 0.294 e. The monoisotopic (exact) mass is 157 g/mol. The van der Waals surface area contributed by atoms with Crippen LogP contribution in [0, 0.1) is 0 Å². The Hall–Kier alpha value is -0.330. The predicted octanol–water partition coefficient (Wildman–Crippen LogP) is 3.68. The Balaban J connectivity index is 0. The molecule has 0 aromatic rings. The summed E-state index contributed by atoms with van der Waals surface area (Å²) in [5.41, 5.74) is 1.42. The Labute approximate surface area is 71.9 Å². The van der Waals surface area contributed by atoms with Gasteiger partial charge in [0.05, 0.1) is 0 Å². The van der Waals surface area contributed by atoms with E-state index in [1.807, 2.05) is 27.7 Å². The van der Waals surface area contributed by atoms with Gasteiger partial charge in [-0.25, -0.2) is 0 Å². The molecule has 0 spiro atoms. The number of rotatable bonds is 1. The summed E-state index contributed by atoms with van der Waals surface area (Å²) in [7, 11) is 0. The molecule has 0 saturated heterocycles. The summed E-state index contributed by atoms with van der Waals surface area (Å²) in [6.07, 6.45) is 3.72. The van der Waals surface area contributed by atoms with Gasteiger partial charge in [0.1, 0.15) is 0 Å². The van der Waals surface area contributed by atoms with Crippen LogP contribution in [0.25, 0.3) is 0 Å². The Bertz CT molecular complexity index is 84.9. The maximum Gasteiger partial charge on any atom is 0.0392 e. The minimum atomic E-state index is 1.09. The molecule has 0 fully saturated rings. The van der Waals surface area contributed by atoms with Crippen LogP contribution in [-0.4, -0.2) is 12.3 Å². The zero-order valence-electron chi connectivity index (χ0n) is 8.78. The molecule has 1 rings (SSSR count). The van der Waals surface area contributed by atoms with Gasteiger partial charge in [-0.1, -0.05) is 34.6 Å². The quantitative estimate of drug-likeness (QED) is 0.550. The molecule has 0 aliphatic carbocycles. The highest BCUT2D eigenvalue weighted by Gasteiger charge is 2.00. The fourth-order valence-electron chi connectivity index (χ4n) is 0.888. The third-order valence-electron chi connectivity index (χ3n) is 1.37. The minimum absolute atomic E-state index is 1.09. The van der Waals surface area contributed by atoms with E-state index in [2.05, 4.69) is 11.9 Å². The van der Waals surface area contributed by atoms with E-state index in [4.69, 9.17) is 0 Å². The maximum atomic E-state index is 4.27. The second kappa shape index (κ2) is 12.4. The Morgan fingerprint density at radius 1 is 1.18 bits per heavy atom. The molecular formula is C10H23N. The second-order valence-corrected chi connectivity index (χ2v) is 1.91. The molecule has 1 aliphatic heterocycles. The standard InChI is InChI=1S/C6H11N.2C2H6/c1-2-6-4-3-5-7-6;2*1-2/h2-5H2,1H3;2*1-2H3. The normalized spacial score (nSPS) is 13.7. The van der Waals surface area contributed by atoms with Crippen LogP contribution in [0.5, 0.6) is 0 Å². The average Bonchev–Trinajstić information content (AvgIpc) is 2.63. The lowest BCUT2D eigenvalue weighted by Crippen LogP contribution is -1.86. The molecule has 0 atom stereocenters. The van der Waals surface area contributed by atoms with Crippen LogP contribution < -0.4 is 0 Å². The molecular weight excluding hydrogens is 134 g/mol. The predicted molar refractivity (Wildman–Crippen MR) is 54.5 cm³/mol. The van der Waals surface area contributed by atoms with E-state index in [-0.39, 0.29) is 0 Å². The smallest absolute Gasteiger partial charge is 0.0392 e. The third-order valence-corrected chi connectivity index (χ3v) is 1.37. The van der Waals surface area contributed by atoms with Gasteiger partial charge < -0.3 is 0 Å². The molecule has 0 aromatic carbocycles. The van der Waals surface area contributed by atoms with Gasteiger partial charge in [-0.3, -0.25) is 4.99 Å². The van der Waals surface area contributed by atoms with Crippen molar-refractivity contribution in [2.75, 3.05) is 6.54 Å². The summed E-state index contributed by atoms with van der Waals surface area (Å²) >= 11 is 0. The SMILES string of the molecule is CC.CC.CCC1=NCCC1. The van der Waals surface area contributed by atoms with E-state index in [0.717, 1.165) is 6.54 Å². The van der Waals surface area contributed by atoms with Crippen LogP contribution >= 0.6 is 0 Å². The van der Waals surface area contributed by atoms with E-state index in [1.54, 1.807) is 0 Å². The van der Waals surface area contributed by atoms with Gasteiger partial charge in [-0.2, -0.15) is 0 Å². The number of hydrogen-bond donors (Lipinski definition) is 0. The topological polar surface area (TPSA) is 12.4 Å². The Kier molecular flexibility index (Phi) is 14.9. The fraction of sp³-hybridized carbons (Fsp3) is 0.900. The van der Waals surface area contributed by atoms with Crippen molar-refractivity contribution in [3.8, 4) is 0 Å². The molecule has 0 unspecified atom stereocenters. The van der Waals surface area contributed by atoms with Crippen LogP contribution in [0.15, 0.2) is 4.99 Å². The first-order chi connectivity index (χ1) is 5.43. The van der Waals surface area contributed by atoms with Gasteiger partial charge >= 0.3 is 0 Å². The highest BCUT2D eigenvalue weighted by molar-refractivity contribution is 5.85. The van der Waals surface area contributed by atoms with Crippen LogP contribution in [0.2, 0.25) is 0 Å². The van der Waals surface area contributed by atoms with Gasteiger partial charge in [0.2, 0.25) is 0 Å². The lowest BCUT2D eigenvalue weighted by Gasteiger charge is -1.86. The molecule has 0 radical (unpaired) electrons. The first kappa shape index (κ1) is 13.3. The lowest BCUT2D eigenvalue weighted by molar-refractivity contribution is 0.948. The van der Waals surface area contributed by atoms with E-state index < -0.39 is 0 Å². The van der Waals surface area contributed by atoms with Crippen molar-refractivity contribution in [2.24, 2.45) is 4.99 Å². The Morgan fingerprint density at radius 2 is 1.73 bits per heavy atom. The summed E-state index contributed by atoms with van der Waals surface area (Å²) in [6.45, 7) is 11.3. The molecule has 1 heteroatoms. The minimum Gasteiger partial charge on any atom is -0.294 e. The van der Waals surface area contributed by atoms with E-state index in [1.165, 1.54) is 25.0 Å². The molecule has 0 bridgehead atoms. The highest BCUT2D eigenvalue weighted by Crippen LogP contribution is 2.05. The Morgan fingerprint density at radius 3 is 1.91 bits per heavy atom. The van der Waals surface area contributed by atoms with Gasteiger partial charge in [0.15, 0.2) is 0 Å². The summed E-state index contributed by atoms with van der Waals surface area (Å²) < 4.78 is 0. The first-order valence-corrected chi connectivity index (χ1v) is 4.95. The van der Waals surface area contributed by atoms with Crippen LogP contribution in [0.1, 0.15) is 53.9 Å². The van der Waals surface area contributed by atoms with E-state index in [9.17, 15) is 0 Å². The molecule has 68 valence electrons. The molecule has 0 saturated carbocycles. The van der Waals surface area contributed by atoms with Gasteiger partial charge in [0.25, 0.3) is 0 Å². The number of hydrogen-bond acceptors (Lipinski definition) is 1. The molecule has 1 nitrogen and oxygen atoms in total. The molecule has 0 aromatic heterocycles. The summed E-state index contributed by atoms with van der Waals surface area (Å²) in [5.74, 6) is 0. The van der Waals surface area contributed by atoms with Crippen molar-refractivity contribution in [1.82, 2.24) is 0 Å². The zero-order valence-corrected chi connectivity index (χ0v) is 8.78. The molecule has 0 N–H and O–H groups in total. The molecule has 11 heavy (non-hydrogen) atoms. The maximum absolute atomic E-state index is 4.27. The van der Waals surface area contributed by atoms with Crippen LogP contribution in [0.3, 0.4) is 0 Å². The van der Waals surface area contributed by atoms with Crippen molar-refractivity contribution >= 4 is 5.71 Å². The fourth-order valence-corrected chi connectivity index (χ4v) is 0.888.